The molecule has 2 aliphatic carbocycles. The normalized spacial score (nSPS) is 25.3. The first-order valence-corrected chi connectivity index (χ1v) is 11.0. The summed E-state index contributed by atoms with van der Waals surface area (Å²) in [5.74, 6) is -1.43. The van der Waals surface area contributed by atoms with Gasteiger partial charge in [-0.15, -0.1) is 0 Å². The Morgan fingerprint density at radius 3 is 2.30 bits per heavy atom. The summed E-state index contributed by atoms with van der Waals surface area (Å²) in [7, 11) is 0. The Morgan fingerprint density at radius 2 is 1.70 bits per heavy atom. The summed E-state index contributed by atoms with van der Waals surface area (Å²) >= 11 is 12.0. The molecular formula is C23H17Cl2N3O5. The first-order valence-electron chi connectivity index (χ1n) is 10.3. The van der Waals surface area contributed by atoms with Crippen LogP contribution in [0.1, 0.15) is 17.5 Å². The smallest absolute Gasteiger partial charge is 0.313 e. The van der Waals surface area contributed by atoms with Gasteiger partial charge in [-0.2, -0.15) is 10.1 Å². The Labute approximate surface area is 198 Å². The molecule has 2 bridgehead atoms. The minimum atomic E-state index is -0.611. The number of halogens is 2. The lowest BCUT2D eigenvalue weighted by Gasteiger charge is -2.13. The number of benzene rings is 2. The summed E-state index contributed by atoms with van der Waals surface area (Å²) in [4.78, 5) is 36.7. The molecule has 168 valence electrons. The van der Waals surface area contributed by atoms with Crippen LogP contribution in [0.5, 0.6) is 5.75 Å². The van der Waals surface area contributed by atoms with Crippen LogP contribution in [-0.4, -0.2) is 28.0 Å². The molecule has 0 aromatic heterocycles. The lowest BCUT2D eigenvalue weighted by Crippen LogP contribution is -2.28. The van der Waals surface area contributed by atoms with Crippen molar-refractivity contribution >= 4 is 46.9 Å². The highest BCUT2D eigenvalue weighted by Gasteiger charge is 2.59. The Hall–Kier alpha value is -3.23. The van der Waals surface area contributed by atoms with Gasteiger partial charge in [0.25, 0.3) is 11.8 Å². The minimum Gasteiger partial charge on any atom is -0.481 e. The molecule has 2 fully saturated rings. The van der Waals surface area contributed by atoms with E-state index >= 15 is 0 Å². The van der Waals surface area contributed by atoms with Gasteiger partial charge < -0.3 is 4.74 Å². The Kier molecular flexibility index (Phi) is 5.42. The molecule has 0 unspecified atom stereocenters. The minimum absolute atomic E-state index is 0.0290. The maximum atomic E-state index is 12.9. The van der Waals surface area contributed by atoms with Crippen LogP contribution in [0.15, 0.2) is 53.7 Å². The van der Waals surface area contributed by atoms with Crippen LogP contribution in [0, 0.1) is 33.8 Å². The van der Waals surface area contributed by atoms with Gasteiger partial charge in [0, 0.05) is 21.7 Å². The van der Waals surface area contributed by atoms with Gasteiger partial charge in [-0.05, 0) is 42.0 Å². The van der Waals surface area contributed by atoms with E-state index in [2.05, 4.69) is 5.10 Å². The SMILES string of the molecule is O=C1[C@@H]2[C@H](C(=O)N1N=Cc1cc(Cl)cc([N+](=O)[O-])c1OCc1ccc(Cl)cc1)[C@H]1C=C[C@H]2C1. The second-order valence-electron chi connectivity index (χ2n) is 8.25. The zero-order valence-corrected chi connectivity index (χ0v) is 18.6. The van der Waals surface area contributed by atoms with Crippen LogP contribution in [0.25, 0.3) is 0 Å². The number of hydrogen-bond donors (Lipinski definition) is 0. The molecule has 2 amide bonds. The summed E-state index contributed by atoms with van der Waals surface area (Å²) < 4.78 is 5.77. The number of nitro groups is 1. The third kappa shape index (κ3) is 3.79. The van der Waals surface area contributed by atoms with Gasteiger partial charge in [-0.3, -0.25) is 19.7 Å². The lowest BCUT2D eigenvalue weighted by atomic mass is 9.85. The zero-order valence-electron chi connectivity index (χ0n) is 17.1. The Bertz CT molecular complexity index is 1200. The van der Waals surface area contributed by atoms with Gasteiger partial charge in [0.2, 0.25) is 5.75 Å². The molecule has 1 aliphatic heterocycles. The van der Waals surface area contributed by atoms with Crippen LogP contribution >= 0.6 is 23.2 Å². The van der Waals surface area contributed by atoms with E-state index in [0.29, 0.717) is 5.02 Å². The third-order valence-corrected chi connectivity index (χ3v) is 6.79. The number of carbonyl (C=O) groups is 2. The summed E-state index contributed by atoms with van der Waals surface area (Å²) in [6, 6.07) is 9.45. The zero-order chi connectivity index (χ0) is 23.3. The Morgan fingerprint density at radius 1 is 1.06 bits per heavy atom. The number of carbonyl (C=O) groups excluding carboxylic acids is 2. The highest BCUT2D eigenvalue weighted by molar-refractivity contribution is 6.31. The fourth-order valence-corrected chi connectivity index (χ4v) is 5.19. The van der Waals surface area contributed by atoms with Crippen LogP contribution in [-0.2, 0) is 16.2 Å². The number of allylic oxidation sites excluding steroid dienone is 2. The van der Waals surface area contributed by atoms with E-state index in [-0.39, 0.29) is 64.1 Å². The van der Waals surface area contributed by atoms with Crippen molar-refractivity contribution in [3.05, 3.63) is 79.8 Å². The average Bonchev–Trinajstić information content (AvgIpc) is 3.46. The number of ether oxygens (including phenoxy) is 1. The number of amides is 2. The topological polar surface area (TPSA) is 102 Å². The van der Waals surface area contributed by atoms with Crippen LogP contribution < -0.4 is 4.74 Å². The van der Waals surface area contributed by atoms with Crippen LogP contribution in [0.2, 0.25) is 10.0 Å². The van der Waals surface area contributed by atoms with E-state index in [1.165, 1.54) is 18.3 Å². The number of rotatable bonds is 6. The molecule has 1 saturated heterocycles. The third-order valence-electron chi connectivity index (χ3n) is 6.32. The molecular weight excluding hydrogens is 469 g/mol. The summed E-state index contributed by atoms with van der Waals surface area (Å²) in [5, 5.41) is 17.3. The number of fused-ring (bicyclic) bond motifs is 5. The molecule has 1 saturated carbocycles. The molecule has 0 N–H and O–H groups in total. The molecule has 2 aromatic carbocycles. The van der Waals surface area contributed by atoms with Gasteiger partial charge in [-0.25, -0.2) is 0 Å². The number of hydrazone groups is 1. The predicted molar refractivity (Wildman–Crippen MR) is 121 cm³/mol. The number of nitro benzene ring substituents is 1. The highest BCUT2D eigenvalue weighted by atomic mass is 35.5. The second-order valence-corrected chi connectivity index (χ2v) is 9.12. The largest absolute Gasteiger partial charge is 0.481 e. The fourth-order valence-electron chi connectivity index (χ4n) is 4.85. The van der Waals surface area contributed by atoms with Crippen molar-refractivity contribution in [2.75, 3.05) is 0 Å². The maximum Gasteiger partial charge on any atom is 0.313 e. The van der Waals surface area contributed by atoms with E-state index in [4.69, 9.17) is 27.9 Å². The monoisotopic (exact) mass is 485 g/mol. The predicted octanol–water partition coefficient (Wildman–Crippen LogP) is 4.62. The Balaban J connectivity index is 1.44. The summed E-state index contributed by atoms with van der Waals surface area (Å²) in [6.07, 6.45) is 6.01. The molecule has 4 atom stereocenters. The van der Waals surface area contributed by atoms with Crippen molar-refractivity contribution in [2.24, 2.45) is 28.8 Å². The van der Waals surface area contributed by atoms with E-state index < -0.39 is 4.92 Å². The van der Waals surface area contributed by atoms with Crippen LogP contribution in [0.4, 0.5) is 5.69 Å². The van der Waals surface area contributed by atoms with Crippen molar-refractivity contribution in [1.29, 1.82) is 0 Å². The van der Waals surface area contributed by atoms with E-state index in [9.17, 15) is 19.7 Å². The van der Waals surface area contributed by atoms with Gasteiger partial charge in [0.15, 0.2) is 0 Å². The average molecular weight is 486 g/mol. The molecule has 5 rings (SSSR count). The standard InChI is InChI=1S/C23H17Cl2N3O5/c24-16-5-1-12(2-6-16)11-33-21-15(8-17(25)9-18(21)28(31)32)10-26-27-22(29)19-13-3-4-14(7-13)20(19)23(27)30/h1-6,8-10,13-14,19-20H,7,11H2/t13-,14-,19-,20+/m0/s1. The van der Waals surface area contributed by atoms with Gasteiger partial charge in [0.05, 0.1) is 23.0 Å². The van der Waals surface area contributed by atoms with Crippen molar-refractivity contribution in [3.63, 3.8) is 0 Å². The highest BCUT2D eigenvalue weighted by Crippen LogP contribution is 2.52. The van der Waals surface area contributed by atoms with Crippen molar-refractivity contribution in [1.82, 2.24) is 5.01 Å². The molecule has 1 heterocycles. The first-order chi connectivity index (χ1) is 15.8. The second kappa shape index (κ2) is 8.28. The molecule has 0 spiro atoms. The molecule has 0 radical (unpaired) electrons. The molecule has 8 nitrogen and oxygen atoms in total. The number of imide groups is 1. The molecule has 2 aromatic rings. The van der Waals surface area contributed by atoms with E-state index in [1.807, 2.05) is 12.2 Å². The molecule has 10 heteroatoms. The molecule has 3 aliphatic rings. The molecule has 33 heavy (non-hydrogen) atoms. The summed E-state index contributed by atoms with van der Waals surface area (Å²) in [6.45, 7) is 0.0290. The van der Waals surface area contributed by atoms with Crippen LogP contribution in [0.3, 0.4) is 0 Å². The summed E-state index contributed by atoms with van der Waals surface area (Å²) in [5.41, 5.74) is 0.574. The van der Waals surface area contributed by atoms with Gasteiger partial charge in [0.1, 0.15) is 6.61 Å². The maximum absolute atomic E-state index is 12.9. The van der Waals surface area contributed by atoms with Crippen molar-refractivity contribution in [2.45, 2.75) is 13.0 Å². The van der Waals surface area contributed by atoms with Crippen molar-refractivity contribution < 1.29 is 19.2 Å². The quantitative estimate of drug-likeness (QED) is 0.195. The van der Waals surface area contributed by atoms with Crippen molar-refractivity contribution in [3.8, 4) is 5.75 Å². The van der Waals surface area contributed by atoms with E-state index in [1.54, 1.807) is 24.3 Å². The van der Waals surface area contributed by atoms with Gasteiger partial charge >= 0.3 is 5.69 Å². The first kappa shape index (κ1) is 21.6. The number of nitrogens with zero attached hydrogens (tertiary/aromatic N) is 3. The fraction of sp³-hybridized carbons (Fsp3) is 0.261. The van der Waals surface area contributed by atoms with Gasteiger partial charge in [-0.1, -0.05) is 47.5 Å². The van der Waals surface area contributed by atoms with E-state index in [0.717, 1.165) is 17.0 Å². The lowest BCUT2D eigenvalue weighted by molar-refractivity contribution is -0.385. The number of hydrogen-bond acceptors (Lipinski definition) is 6.